The third-order valence-electron chi connectivity index (χ3n) is 7.36. The third kappa shape index (κ3) is 7.07. The highest BCUT2D eigenvalue weighted by Crippen LogP contribution is 2.26. The Morgan fingerprint density at radius 2 is 1.88 bits per heavy atom. The van der Waals surface area contributed by atoms with Gasteiger partial charge in [0.15, 0.2) is 11.5 Å². The van der Waals surface area contributed by atoms with E-state index in [1.54, 1.807) is 23.3 Å². The number of thioether (sulfide) groups is 1. The second-order valence-corrected chi connectivity index (χ2v) is 14.3. The van der Waals surface area contributed by atoms with E-state index in [0.717, 1.165) is 6.26 Å². The van der Waals surface area contributed by atoms with Crippen LogP contribution in [0.3, 0.4) is 0 Å². The zero-order valence-electron chi connectivity index (χ0n) is 26.1. The Morgan fingerprint density at radius 1 is 1.08 bits per heavy atom. The van der Waals surface area contributed by atoms with Gasteiger partial charge in [-0.1, -0.05) is 42.2 Å². The minimum atomic E-state index is -3.54. The molecule has 3 aromatic heterocycles. The van der Waals surface area contributed by atoms with Crippen LogP contribution in [-0.4, -0.2) is 56.9 Å². The molecule has 0 radical (unpaired) electrons. The van der Waals surface area contributed by atoms with Crippen LogP contribution in [0.15, 0.2) is 89.0 Å². The lowest BCUT2D eigenvalue weighted by atomic mass is 10.0. The number of aromatic nitrogens is 4. The van der Waals surface area contributed by atoms with Crippen LogP contribution >= 0.6 is 11.8 Å². The lowest BCUT2D eigenvalue weighted by molar-refractivity contribution is 0.0934. The lowest BCUT2D eigenvalue weighted by Gasteiger charge is -2.21. The maximum Gasteiger partial charge on any atom is 0.274 e. The van der Waals surface area contributed by atoms with Gasteiger partial charge in [-0.15, -0.1) is 11.8 Å². The number of nitrogens with one attached hydrogen (secondary N) is 2. The average Bonchev–Trinajstić information content (AvgIpc) is 3.48. The fourth-order valence-electron chi connectivity index (χ4n) is 5.24. The van der Waals surface area contributed by atoms with Crippen molar-refractivity contribution in [2.45, 2.75) is 30.5 Å². The zero-order valence-corrected chi connectivity index (χ0v) is 27.7. The maximum atomic E-state index is 14.3. The van der Waals surface area contributed by atoms with Crippen LogP contribution < -0.4 is 21.3 Å². The summed E-state index contributed by atoms with van der Waals surface area (Å²) in [6, 6.07) is 17.4. The Morgan fingerprint density at radius 3 is 2.60 bits per heavy atom. The number of pyridine rings is 2. The highest BCUT2D eigenvalue weighted by molar-refractivity contribution is 8.01. The second kappa shape index (κ2) is 13.3. The molecular weight excluding hydrogens is 649 g/mol. The number of amides is 1. The number of aliphatic imine (C=N–C) groups is 1. The van der Waals surface area contributed by atoms with Crippen LogP contribution in [0.2, 0.25) is 0 Å². The standard InChI is InChI=1S/C34H30N8O4S2/c1-20(39-33(43)31-32(35)38-19-28(40-31)24-14-25(17-36-16-24)41-48(3,45)46)29-15-23-9-7-8-22(12-13-27-18-37-21(2)47-27)30(23)34(44)42(29)26-10-5-4-6-11-26/h4-11,14-21,27,41H,1-3H3,(H2,35,38)(H,39,43). The first-order valence-electron chi connectivity index (χ1n) is 14.8. The molecule has 0 spiro atoms. The van der Waals surface area contributed by atoms with Crippen molar-refractivity contribution in [3.8, 4) is 28.8 Å². The van der Waals surface area contributed by atoms with Gasteiger partial charge in [0.25, 0.3) is 11.5 Å². The van der Waals surface area contributed by atoms with E-state index in [9.17, 15) is 18.0 Å². The van der Waals surface area contributed by atoms with E-state index in [4.69, 9.17) is 5.73 Å². The summed E-state index contributed by atoms with van der Waals surface area (Å²) in [7, 11) is -3.54. The first kappa shape index (κ1) is 32.4. The van der Waals surface area contributed by atoms with Crippen LogP contribution in [0.4, 0.5) is 11.5 Å². The van der Waals surface area contributed by atoms with Crippen molar-refractivity contribution in [2.24, 2.45) is 4.99 Å². The highest BCUT2D eigenvalue weighted by Gasteiger charge is 2.23. The fourth-order valence-corrected chi connectivity index (χ4v) is 6.62. The van der Waals surface area contributed by atoms with E-state index in [1.165, 1.54) is 24.7 Å². The van der Waals surface area contributed by atoms with Crippen molar-refractivity contribution in [3.05, 3.63) is 107 Å². The average molecular weight is 679 g/mol. The van der Waals surface area contributed by atoms with E-state index >= 15 is 0 Å². The molecule has 48 heavy (non-hydrogen) atoms. The minimum absolute atomic E-state index is 0.0560. The summed E-state index contributed by atoms with van der Waals surface area (Å²) in [5.74, 6) is 5.69. The van der Waals surface area contributed by atoms with Crippen molar-refractivity contribution in [1.29, 1.82) is 0 Å². The van der Waals surface area contributed by atoms with Crippen LogP contribution in [0.1, 0.15) is 41.6 Å². The molecule has 0 saturated heterocycles. The van der Waals surface area contributed by atoms with Gasteiger partial charge < -0.3 is 11.1 Å². The number of para-hydroxylation sites is 1. The molecule has 1 amide bonds. The molecule has 4 heterocycles. The smallest absolute Gasteiger partial charge is 0.274 e. The summed E-state index contributed by atoms with van der Waals surface area (Å²) >= 11 is 1.64. The molecule has 0 bridgehead atoms. The molecule has 14 heteroatoms. The van der Waals surface area contributed by atoms with Gasteiger partial charge in [-0.2, -0.15) is 0 Å². The summed E-state index contributed by atoms with van der Waals surface area (Å²) in [5.41, 5.74) is 8.30. The maximum absolute atomic E-state index is 14.3. The largest absolute Gasteiger partial charge is 0.382 e. The molecule has 12 nitrogen and oxygen atoms in total. The van der Waals surface area contributed by atoms with Crippen molar-refractivity contribution in [1.82, 2.24) is 24.8 Å². The molecule has 0 fully saturated rings. The van der Waals surface area contributed by atoms with Crippen molar-refractivity contribution < 1.29 is 13.2 Å². The number of carbonyl (C=O) groups is 1. The number of nitrogens with zero attached hydrogens (tertiary/aromatic N) is 5. The summed E-state index contributed by atoms with van der Waals surface area (Å²) < 4.78 is 27.3. The number of carbonyl (C=O) groups excluding carboxylic acids is 1. The van der Waals surface area contributed by atoms with E-state index in [1.807, 2.05) is 67.7 Å². The molecule has 242 valence electrons. The van der Waals surface area contributed by atoms with Crippen LogP contribution in [0.5, 0.6) is 0 Å². The van der Waals surface area contributed by atoms with E-state index in [0.29, 0.717) is 33.3 Å². The lowest BCUT2D eigenvalue weighted by Crippen LogP contribution is -2.33. The molecule has 2 aromatic carbocycles. The van der Waals surface area contributed by atoms with Crippen LogP contribution in [-0.2, 0) is 10.0 Å². The Hall–Kier alpha value is -5.52. The SMILES string of the molecule is CC1N=CC(C#Cc2cccc3cc(C(C)NC(=O)c4nc(-c5cncc(NS(C)(=O)=O)c5)cnc4N)n(-c4ccccc4)c(=O)c23)S1. The number of hydrogen-bond acceptors (Lipinski definition) is 10. The van der Waals surface area contributed by atoms with E-state index in [-0.39, 0.29) is 39.1 Å². The van der Waals surface area contributed by atoms with Crippen molar-refractivity contribution in [3.63, 3.8) is 0 Å². The van der Waals surface area contributed by atoms with E-state index in [2.05, 4.69) is 41.8 Å². The predicted octanol–water partition coefficient (Wildman–Crippen LogP) is 4.17. The Balaban J connectivity index is 1.37. The summed E-state index contributed by atoms with van der Waals surface area (Å²) in [6.45, 7) is 3.77. The van der Waals surface area contributed by atoms with Crippen LogP contribution in [0.25, 0.3) is 27.7 Å². The number of benzene rings is 2. The fraction of sp³-hybridized carbons (Fsp3) is 0.176. The second-order valence-electron chi connectivity index (χ2n) is 11.1. The summed E-state index contributed by atoms with van der Waals surface area (Å²) in [5, 5.41) is 4.15. The van der Waals surface area contributed by atoms with Crippen LogP contribution in [0, 0.1) is 11.8 Å². The number of hydrogen-bond donors (Lipinski definition) is 3. The topological polar surface area (TPSA) is 174 Å². The quantitative estimate of drug-likeness (QED) is 0.214. The van der Waals surface area contributed by atoms with Gasteiger partial charge in [0, 0.05) is 34.9 Å². The molecule has 4 N–H and O–H groups in total. The first-order valence-corrected chi connectivity index (χ1v) is 17.6. The Labute approximate surface area is 281 Å². The van der Waals surface area contributed by atoms with Gasteiger partial charge >= 0.3 is 0 Å². The number of fused-ring (bicyclic) bond motifs is 1. The molecule has 1 aliphatic heterocycles. The molecule has 5 aromatic rings. The Bertz CT molecular complexity index is 2320. The van der Waals surface area contributed by atoms with Gasteiger partial charge in [0.05, 0.1) is 46.8 Å². The van der Waals surface area contributed by atoms with Gasteiger partial charge in [0.2, 0.25) is 10.0 Å². The number of nitrogens with two attached hydrogens (primary N) is 1. The molecule has 0 saturated carbocycles. The zero-order chi connectivity index (χ0) is 34.0. The number of sulfonamides is 1. The van der Waals surface area contributed by atoms with E-state index < -0.39 is 22.0 Å². The van der Waals surface area contributed by atoms with Gasteiger partial charge in [-0.05, 0) is 49.6 Å². The van der Waals surface area contributed by atoms with Crippen molar-refractivity contribution >= 4 is 56.2 Å². The number of nitrogen functional groups attached to an aromatic ring is 1. The predicted molar refractivity (Wildman–Crippen MR) is 190 cm³/mol. The van der Waals surface area contributed by atoms with Gasteiger partial charge in [-0.3, -0.25) is 28.9 Å². The van der Waals surface area contributed by atoms with Gasteiger partial charge in [0.1, 0.15) is 5.25 Å². The third-order valence-corrected chi connectivity index (χ3v) is 9.01. The summed E-state index contributed by atoms with van der Waals surface area (Å²) in [6.07, 6.45) is 7.03. The monoisotopic (exact) mass is 678 g/mol. The van der Waals surface area contributed by atoms with Gasteiger partial charge in [-0.25, -0.2) is 18.4 Å². The molecular formula is C34H30N8O4S2. The molecule has 3 atom stereocenters. The number of anilines is 2. The molecule has 3 unspecified atom stereocenters. The number of rotatable bonds is 7. The van der Waals surface area contributed by atoms with Crippen molar-refractivity contribution in [2.75, 3.05) is 16.7 Å². The minimum Gasteiger partial charge on any atom is -0.382 e. The molecule has 0 aliphatic carbocycles. The summed E-state index contributed by atoms with van der Waals surface area (Å²) in [4.78, 5) is 45.0. The first-order chi connectivity index (χ1) is 23.0. The normalized spacial score (nSPS) is 16.2. The Kier molecular flexibility index (Phi) is 8.99. The highest BCUT2D eigenvalue weighted by atomic mass is 32.2. The molecule has 6 rings (SSSR count). The molecule has 1 aliphatic rings.